The molecule has 0 bridgehead atoms. The summed E-state index contributed by atoms with van der Waals surface area (Å²) < 4.78 is 0. The molecule has 0 radical (unpaired) electrons. The molecule has 1 aliphatic rings. The monoisotopic (exact) mass is 377 g/mol. The fraction of sp³-hybridized carbons (Fsp3) is 0.316. The first-order valence-corrected chi connectivity index (χ1v) is 9.14. The Morgan fingerprint density at radius 3 is 2.68 bits per heavy atom. The van der Waals surface area contributed by atoms with Crippen LogP contribution in [0.25, 0.3) is 0 Å². The summed E-state index contributed by atoms with van der Waals surface area (Å²) in [5.41, 5.74) is 8.66. The summed E-state index contributed by atoms with van der Waals surface area (Å²) in [6, 6.07) is 10.9. The third-order valence-corrected chi connectivity index (χ3v) is 5.24. The number of amides is 1. The van der Waals surface area contributed by atoms with E-state index in [0.29, 0.717) is 33.0 Å². The number of carbonyl (C=O) groups excluding carboxylic acids is 1. The van der Waals surface area contributed by atoms with E-state index < -0.39 is 0 Å². The van der Waals surface area contributed by atoms with E-state index in [-0.39, 0.29) is 5.91 Å². The number of benzene rings is 2. The SMILES string of the molecule is C[C@H]1CCCCN1c1cc(NC(=O)c2ccccc2Cl)c(Cl)cc1N. The lowest BCUT2D eigenvalue weighted by molar-refractivity contribution is 0.102. The second-order valence-corrected chi connectivity index (χ2v) is 7.18. The molecular weight excluding hydrogens is 357 g/mol. The van der Waals surface area contributed by atoms with E-state index in [1.165, 1.54) is 6.42 Å². The maximum atomic E-state index is 12.5. The molecule has 4 nitrogen and oxygen atoms in total. The van der Waals surface area contributed by atoms with Crippen molar-refractivity contribution in [3.63, 3.8) is 0 Å². The van der Waals surface area contributed by atoms with Crippen LogP contribution >= 0.6 is 23.2 Å². The predicted molar refractivity (Wildman–Crippen MR) is 106 cm³/mol. The number of hydrogen-bond donors (Lipinski definition) is 2. The van der Waals surface area contributed by atoms with Gasteiger partial charge in [0.1, 0.15) is 0 Å². The Labute approximate surface area is 157 Å². The maximum Gasteiger partial charge on any atom is 0.257 e. The molecule has 1 aliphatic heterocycles. The van der Waals surface area contributed by atoms with Crippen LogP contribution in [0.2, 0.25) is 10.0 Å². The lowest BCUT2D eigenvalue weighted by Crippen LogP contribution is -2.37. The van der Waals surface area contributed by atoms with E-state index in [2.05, 4.69) is 17.1 Å². The molecule has 2 aromatic carbocycles. The second kappa shape index (κ2) is 7.54. The molecule has 132 valence electrons. The van der Waals surface area contributed by atoms with Gasteiger partial charge in [0.15, 0.2) is 0 Å². The van der Waals surface area contributed by atoms with Crippen molar-refractivity contribution in [2.75, 3.05) is 22.5 Å². The number of hydrogen-bond acceptors (Lipinski definition) is 3. The molecule has 0 aromatic heterocycles. The van der Waals surface area contributed by atoms with Crippen molar-refractivity contribution in [2.45, 2.75) is 32.2 Å². The van der Waals surface area contributed by atoms with Gasteiger partial charge in [0.25, 0.3) is 5.91 Å². The molecule has 3 N–H and O–H groups in total. The van der Waals surface area contributed by atoms with Crippen LogP contribution in [0, 0.1) is 0 Å². The minimum absolute atomic E-state index is 0.296. The van der Waals surface area contributed by atoms with Crippen LogP contribution in [0.3, 0.4) is 0 Å². The molecule has 1 amide bonds. The van der Waals surface area contributed by atoms with Gasteiger partial charge in [0.05, 0.1) is 32.7 Å². The molecule has 0 spiro atoms. The fourth-order valence-corrected chi connectivity index (χ4v) is 3.65. The minimum Gasteiger partial charge on any atom is -0.397 e. The number of nitrogens with two attached hydrogens (primary N) is 1. The van der Waals surface area contributed by atoms with Crippen molar-refractivity contribution in [1.82, 2.24) is 0 Å². The van der Waals surface area contributed by atoms with Crippen molar-refractivity contribution in [1.29, 1.82) is 0 Å². The summed E-state index contributed by atoms with van der Waals surface area (Å²) in [6.07, 6.45) is 3.48. The third kappa shape index (κ3) is 3.86. The van der Waals surface area contributed by atoms with Crippen LogP contribution in [-0.2, 0) is 0 Å². The van der Waals surface area contributed by atoms with E-state index in [1.54, 1.807) is 30.3 Å². The van der Waals surface area contributed by atoms with Crippen LogP contribution in [-0.4, -0.2) is 18.5 Å². The first-order chi connectivity index (χ1) is 12.0. The topological polar surface area (TPSA) is 58.4 Å². The van der Waals surface area contributed by atoms with Crippen molar-refractivity contribution < 1.29 is 4.79 Å². The number of carbonyl (C=O) groups is 1. The summed E-state index contributed by atoms with van der Waals surface area (Å²) in [7, 11) is 0. The Balaban J connectivity index is 1.90. The van der Waals surface area contributed by atoms with Crippen LogP contribution in [0.15, 0.2) is 36.4 Å². The number of nitrogens with one attached hydrogen (secondary N) is 1. The number of halogens is 2. The van der Waals surface area contributed by atoms with Crippen LogP contribution in [0.1, 0.15) is 36.5 Å². The second-order valence-electron chi connectivity index (χ2n) is 6.36. The Bertz CT molecular complexity index is 794. The Hall–Kier alpha value is -1.91. The molecule has 2 aromatic rings. The van der Waals surface area contributed by atoms with Crippen molar-refractivity contribution in [3.05, 3.63) is 52.0 Å². The molecule has 1 atom stereocenters. The van der Waals surface area contributed by atoms with Gasteiger partial charge in [-0.05, 0) is 50.5 Å². The van der Waals surface area contributed by atoms with Gasteiger partial charge < -0.3 is 16.0 Å². The number of nitrogen functional groups attached to an aromatic ring is 1. The van der Waals surface area contributed by atoms with Gasteiger partial charge in [0, 0.05) is 12.6 Å². The van der Waals surface area contributed by atoms with Crippen LogP contribution in [0.4, 0.5) is 17.1 Å². The molecule has 25 heavy (non-hydrogen) atoms. The van der Waals surface area contributed by atoms with Crippen LogP contribution in [0.5, 0.6) is 0 Å². The lowest BCUT2D eigenvalue weighted by Gasteiger charge is -2.36. The Morgan fingerprint density at radius 1 is 1.20 bits per heavy atom. The number of nitrogens with zero attached hydrogens (tertiary/aromatic N) is 1. The van der Waals surface area contributed by atoms with Crippen LogP contribution < -0.4 is 16.0 Å². The van der Waals surface area contributed by atoms with E-state index in [0.717, 1.165) is 25.1 Å². The third-order valence-electron chi connectivity index (χ3n) is 4.60. The highest BCUT2D eigenvalue weighted by molar-refractivity contribution is 6.36. The van der Waals surface area contributed by atoms with Gasteiger partial charge in [-0.2, -0.15) is 0 Å². The summed E-state index contributed by atoms with van der Waals surface area (Å²) in [5.74, 6) is -0.296. The van der Waals surface area contributed by atoms with Gasteiger partial charge in [-0.1, -0.05) is 35.3 Å². The number of anilines is 3. The van der Waals surface area contributed by atoms with Gasteiger partial charge in [-0.25, -0.2) is 0 Å². The summed E-state index contributed by atoms with van der Waals surface area (Å²) >= 11 is 12.4. The highest BCUT2D eigenvalue weighted by Crippen LogP contribution is 2.36. The summed E-state index contributed by atoms with van der Waals surface area (Å²) in [6.45, 7) is 3.14. The van der Waals surface area contributed by atoms with Crippen molar-refractivity contribution >= 4 is 46.2 Å². The largest absolute Gasteiger partial charge is 0.397 e. The smallest absolute Gasteiger partial charge is 0.257 e. The Kier molecular flexibility index (Phi) is 5.40. The average molecular weight is 378 g/mol. The quantitative estimate of drug-likeness (QED) is 0.721. The van der Waals surface area contributed by atoms with E-state index >= 15 is 0 Å². The van der Waals surface area contributed by atoms with Gasteiger partial charge in [-0.15, -0.1) is 0 Å². The normalized spacial score (nSPS) is 17.4. The molecule has 0 saturated carbocycles. The summed E-state index contributed by atoms with van der Waals surface area (Å²) in [4.78, 5) is 14.8. The summed E-state index contributed by atoms with van der Waals surface area (Å²) in [5, 5.41) is 3.66. The van der Waals surface area contributed by atoms with Crippen molar-refractivity contribution in [2.24, 2.45) is 0 Å². The van der Waals surface area contributed by atoms with E-state index in [1.807, 2.05) is 6.07 Å². The first-order valence-electron chi connectivity index (χ1n) is 8.39. The molecule has 3 rings (SSSR count). The Morgan fingerprint density at radius 2 is 1.96 bits per heavy atom. The fourth-order valence-electron chi connectivity index (χ4n) is 3.21. The zero-order valence-corrected chi connectivity index (χ0v) is 15.6. The molecule has 1 saturated heterocycles. The predicted octanol–water partition coefficient (Wildman–Crippen LogP) is 5.21. The van der Waals surface area contributed by atoms with Crippen molar-refractivity contribution in [3.8, 4) is 0 Å². The first kappa shape index (κ1) is 17.9. The van der Waals surface area contributed by atoms with Gasteiger partial charge >= 0.3 is 0 Å². The zero-order chi connectivity index (χ0) is 18.0. The molecule has 1 fully saturated rings. The maximum absolute atomic E-state index is 12.5. The molecule has 0 unspecified atom stereocenters. The zero-order valence-electron chi connectivity index (χ0n) is 14.1. The highest BCUT2D eigenvalue weighted by Gasteiger charge is 2.22. The minimum atomic E-state index is -0.296. The molecule has 6 heteroatoms. The average Bonchev–Trinajstić information content (AvgIpc) is 2.58. The molecule has 1 heterocycles. The highest BCUT2D eigenvalue weighted by atomic mass is 35.5. The number of rotatable bonds is 3. The van der Waals surface area contributed by atoms with E-state index in [4.69, 9.17) is 28.9 Å². The molecule has 0 aliphatic carbocycles. The molecular formula is C19H21Cl2N3O. The number of piperidine rings is 1. The van der Waals surface area contributed by atoms with Gasteiger partial charge in [0.2, 0.25) is 0 Å². The standard InChI is InChI=1S/C19H21Cl2N3O/c1-12-6-4-5-9-24(12)18-11-17(15(21)10-16(18)22)23-19(25)13-7-2-3-8-14(13)20/h2-3,7-8,10-12H,4-6,9,22H2,1H3,(H,23,25)/t12-/m0/s1. The van der Waals surface area contributed by atoms with Gasteiger partial charge in [-0.3, -0.25) is 4.79 Å². The van der Waals surface area contributed by atoms with E-state index in [9.17, 15) is 4.79 Å². The lowest BCUT2D eigenvalue weighted by atomic mass is 10.0.